The Labute approximate surface area is 516 Å². The van der Waals surface area contributed by atoms with Crippen LogP contribution in [0.5, 0.6) is 0 Å². The molecule has 0 saturated carbocycles. The van der Waals surface area contributed by atoms with Crippen LogP contribution in [0, 0.1) is 13.8 Å². The van der Waals surface area contributed by atoms with E-state index in [0.717, 1.165) is 78.4 Å². The smallest absolute Gasteiger partial charge is 0.160 e. The SMILES string of the molecule is Cc1ccc(-c2ccc3c(c2)c2cc(-c4ccc(C)cc4)ccc2n3-c2c(-c3ccc(-n4c5ccccc5c5ccccc54)cc3)cc(-c3nc(-c4ccccc4)cc(-c4ccccc4)n3)cc2-c2ccc(-n3c4ccccc4c4ccccc43)cc2)cc1. The standard InChI is InChI=1S/C84H57N5/c1-54-29-33-56(34-30-54)62-41-47-81-73(49-62)74-50-63(57-35-31-55(2)32-36-57)42-48-82(74)89(81)83-71(58-37-43-65(44-38-58)87-77-25-13-9-21-67(77)68-22-10-14-26-78(68)87)51-64(84-85-75(60-17-5-3-6-18-60)53-76(86-84)61-19-7-4-8-20-61)52-72(83)59-39-45-66(46-40-59)88-79-27-15-11-23-69(79)70-24-12-16-28-80(70)88/h3-53H,1-2H3. The molecule has 89 heavy (non-hydrogen) atoms. The second kappa shape index (κ2) is 21.1. The van der Waals surface area contributed by atoms with Gasteiger partial charge in [-0.1, -0.05) is 230 Å². The van der Waals surface area contributed by atoms with Crippen molar-refractivity contribution >= 4 is 65.4 Å². The molecule has 0 radical (unpaired) electrons. The molecule has 0 unspecified atom stereocenters. The molecule has 4 aromatic heterocycles. The third-order valence-corrected chi connectivity index (χ3v) is 18.0. The van der Waals surface area contributed by atoms with Gasteiger partial charge in [0.15, 0.2) is 5.82 Å². The first kappa shape index (κ1) is 51.7. The predicted molar refractivity (Wildman–Crippen MR) is 373 cm³/mol. The lowest BCUT2D eigenvalue weighted by Gasteiger charge is -2.22. The Morgan fingerprint density at radius 3 is 0.933 bits per heavy atom. The Bertz CT molecular complexity index is 5130. The number of rotatable bonds is 10. The summed E-state index contributed by atoms with van der Waals surface area (Å²) in [4.78, 5) is 11.1. The van der Waals surface area contributed by atoms with E-state index in [0.29, 0.717) is 5.82 Å². The normalized spacial score (nSPS) is 11.7. The summed E-state index contributed by atoms with van der Waals surface area (Å²) < 4.78 is 7.33. The van der Waals surface area contributed by atoms with E-state index < -0.39 is 0 Å². The van der Waals surface area contributed by atoms with Gasteiger partial charge in [0.05, 0.1) is 50.2 Å². The fraction of sp³-hybridized carbons (Fsp3) is 0.0238. The summed E-state index contributed by atoms with van der Waals surface area (Å²) in [7, 11) is 0. The first-order valence-electron chi connectivity index (χ1n) is 30.5. The molecule has 418 valence electrons. The van der Waals surface area contributed by atoms with Crippen LogP contribution < -0.4 is 0 Å². The molecule has 17 aromatic rings. The van der Waals surface area contributed by atoms with Crippen LogP contribution >= 0.6 is 0 Å². The zero-order valence-corrected chi connectivity index (χ0v) is 49.2. The van der Waals surface area contributed by atoms with E-state index in [1.165, 1.54) is 87.8 Å². The summed E-state index contributed by atoms with van der Waals surface area (Å²) in [6.07, 6.45) is 0. The molecule has 0 amide bonds. The maximum absolute atomic E-state index is 5.54. The van der Waals surface area contributed by atoms with Crippen molar-refractivity contribution in [3.8, 4) is 95.5 Å². The van der Waals surface area contributed by atoms with Crippen molar-refractivity contribution in [3.63, 3.8) is 0 Å². The third kappa shape index (κ3) is 8.85. The molecular weight excluding hydrogens is 1080 g/mol. The molecule has 0 saturated heterocycles. The van der Waals surface area contributed by atoms with Gasteiger partial charge in [0, 0.05) is 71.5 Å². The Balaban J connectivity index is 0.974. The van der Waals surface area contributed by atoms with Crippen molar-refractivity contribution in [2.45, 2.75) is 13.8 Å². The highest BCUT2D eigenvalue weighted by molar-refractivity contribution is 6.14. The molecule has 0 aliphatic heterocycles. The Hall–Kier alpha value is -11.7. The van der Waals surface area contributed by atoms with E-state index in [9.17, 15) is 0 Å². The molecule has 0 fully saturated rings. The van der Waals surface area contributed by atoms with Crippen LogP contribution in [0.2, 0.25) is 0 Å². The summed E-state index contributed by atoms with van der Waals surface area (Å²) in [5.74, 6) is 0.635. The average molecular weight is 1140 g/mol. The lowest BCUT2D eigenvalue weighted by Crippen LogP contribution is -2.03. The van der Waals surface area contributed by atoms with Crippen molar-refractivity contribution < 1.29 is 0 Å². The number of aromatic nitrogens is 5. The first-order chi connectivity index (χ1) is 43.9. The summed E-state index contributed by atoms with van der Waals surface area (Å²) in [5, 5.41) is 7.25. The highest BCUT2D eigenvalue weighted by Gasteiger charge is 2.25. The van der Waals surface area contributed by atoms with Crippen molar-refractivity contribution in [2.75, 3.05) is 0 Å². The molecule has 0 aliphatic carbocycles. The number of para-hydroxylation sites is 4. The van der Waals surface area contributed by atoms with E-state index in [1.54, 1.807) is 0 Å². The number of fused-ring (bicyclic) bond motifs is 9. The van der Waals surface area contributed by atoms with Gasteiger partial charge in [-0.2, -0.15) is 0 Å². The molecule has 0 aliphatic rings. The largest absolute Gasteiger partial charge is 0.309 e. The van der Waals surface area contributed by atoms with Gasteiger partial charge in [0.2, 0.25) is 0 Å². The minimum Gasteiger partial charge on any atom is -0.309 e. The second-order valence-corrected chi connectivity index (χ2v) is 23.5. The number of benzene rings is 13. The van der Waals surface area contributed by atoms with Gasteiger partial charge in [-0.25, -0.2) is 9.97 Å². The molecule has 5 nitrogen and oxygen atoms in total. The molecule has 17 rings (SSSR count). The monoisotopic (exact) mass is 1140 g/mol. The van der Waals surface area contributed by atoms with Gasteiger partial charge in [0.25, 0.3) is 0 Å². The molecular formula is C84H57N5. The van der Waals surface area contributed by atoms with E-state index in [2.05, 4.69) is 337 Å². The predicted octanol–water partition coefficient (Wildman–Crippen LogP) is 22.1. The van der Waals surface area contributed by atoms with Gasteiger partial charge in [-0.05, 0) is 138 Å². The zero-order valence-electron chi connectivity index (χ0n) is 49.2. The van der Waals surface area contributed by atoms with Gasteiger partial charge >= 0.3 is 0 Å². The Kier molecular flexibility index (Phi) is 12.3. The van der Waals surface area contributed by atoms with Crippen LogP contribution in [0.15, 0.2) is 309 Å². The Morgan fingerprint density at radius 2 is 0.551 bits per heavy atom. The average Bonchev–Trinajstić information content (AvgIpc) is 3.68. The van der Waals surface area contributed by atoms with Gasteiger partial charge in [0.1, 0.15) is 0 Å². The van der Waals surface area contributed by atoms with Crippen molar-refractivity contribution in [1.82, 2.24) is 23.7 Å². The van der Waals surface area contributed by atoms with Crippen LogP contribution in [0.4, 0.5) is 0 Å². The summed E-state index contributed by atoms with van der Waals surface area (Å²) in [6.45, 7) is 4.30. The molecule has 4 heterocycles. The molecule has 0 atom stereocenters. The Morgan fingerprint density at radius 1 is 0.225 bits per heavy atom. The second-order valence-electron chi connectivity index (χ2n) is 23.5. The lowest BCUT2D eigenvalue weighted by atomic mass is 9.92. The maximum atomic E-state index is 5.54. The summed E-state index contributed by atoms with van der Waals surface area (Å²) in [6, 6.07) is 113. The van der Waals surface area contributed by atoms with Crippen LogP contribution in [0.25, 0.3) is 161 Å². The summed E-state index contributed by atoms with van der Waals surface area (Å²) >= 11 is 0. The van der Waals surface area contributed by atoms with Crippen molar-refractivity contribution in [3.05, 3.63) is 321 Å². The fourth-order valence-corrected chi connectivity index (χ4v) is 13.6. The third-order valence-electron chi connectivity index (χ3n) is 18.0. The minimum atomic E-state index is 0.635. The topological polar surface area (TPSA) is 40.6 Å². The molecule has 13 aromatic carbocycles. The van der Waals surface area contributed by atoms with Crippen LogP contribution in [0.1, 0.15) is 11.1 Å². The van der Waals surface area contributed by atoms with Crippen LogP contribution in [-0.4, -0.2) is 23.7 Å². The number of hydrogen-bond donors (Lipinski definition) is 0. The van der Waals surface area contributed by atoms with E-state index in [4.69, 9.17) is 9.97 Å². The van der Waals surface area contributed by atoms with Crippen molar-refractivity contribution in [2.24, 2.45) is 0 Å². The van der Waals surface area contributed by atoms with Gasteiger partial charge in [-0.15, -0.1) is 0 Å². The fourth-order valence-electron chi connectivity index (χ4n) is 13.6. The molecule has 5 heteroatoms. The van der Waals surface area contributed by atoms with Crippen molar-refractivity contribution in [1.29, 1.82) is 0 Å². The number of nitrogens with zero attached hydrogens (tertiary/aromatic N) is 5. The van der Waals surface area contributed by atoms with Gasteiger partial charge in [-0.3, -0.25) is 0 Å². The van der Waals surface area contributed by atoms with Crippen LogP contribution in [0.3, 0.4) is 0 Å². The maximum Gasteiger partial charge on any atom is 0.160 e. The van der Waals surface area contributed by atoms with Crippen LogP contribution in [-0.2, 0) is 0 Å². The minimum absolute atomic E-state index is 0.635. The number of hydrogen-bond acceptors (Lipinski definition) is 2. The quantitative estimate of drug-likeness (QED) is 0.137. The van der Waals surface area contributed by atoms with Gasteiger partial charge < -0.3 is 13.7 Å². The highest BCUT2D eigenvalue weighted by atomic mass is 15.0. The zero-order chi connectivity index (χ0) is 59.1. The summed E-state index contributed by atoms with van der Waals surface area (Å²) in [5.41, 5.74) is 26.1. The molecule has 0 spiro atoms. The first-order valence-corrected chi connectivity index (χ1v) is 30.5. The van der Waals surface area contributed by atoms with E-state index >= 15 is 0 Å². The lowest BCUT2D eigenvalue weighted by molar-refractivity contribution is 1.16. The number of aryl methyl sites for hydroxylation is 2. The van der Waals surface area contributed by atoms with E-state index in [1.807, 2.05) is 0 Å². The molecule has 0 N–H and O–H groups in total. The molecule has 0 bridgehead atoms. The highest BCUT2D eigenvalue weighted by Crippen LogP contribution is 2.47. The van der Waals surface area contributed by atoms with E-state index in [-0.39, 0.29) is 0 Å².